The van der Waals surface area contributed by atoms with Gasteiger partial charge in [0.15, 0.2) is 0 Å². The van der Waals surface area contributed by atoms with Gasteiger partial charge in [0.1, 0.15) is 0 Å². The number of hydrogen-bond acceptors (Lipinski definition) is 3. The van der Waals surface area contributed by atoms with Crippen LogP contribution in [0.15, 0.2) is 55.1 Å². The van der Waals surface area contributed by atoms with E-state index in [-0.39, 0.29) is 0 Å². The molecule has 2 aliphatic rings. The summed E-state index contributed by atoms with van der Waals surface area (Å²) in [5.74, 6) is 0.490. The fraction of sp³-hybridized carbons (Fsp3) is 0.346. The fourth-order valence-corrected chi connectivity index (χ4v) is 7.88. The van der Waals surface area contributed by atoms with Gasteiger partial charge in [0.05, 0.1) is 0 Å². The largest absolute Gasteiger partial charge is 0.398 e. The second-order valence-corrected chi connectivity index (χ2v) is 12.0. The average molecular weight is 420 g/mol. The number of hydrogen-bond donors (Lipinski definition) is 1. The number of nitrogens with two attached hydrogens (primary N) is 1. The second-order valence-electron chi connectivity index (χ2n) is 8.79. The minimum absolute atomic E-state index is 0.490. The smallest absolute Gasteiger partial charge is 0.0350 e. The lowest BCUT2D eigenvalue weighted by Gasteiger charge is -2.30. The molecule has 2 heterocycles. The molecule has 4 rings (SSSR count). The maximum atomic E-state index is 6.37. The van der Waals surface area contributed by atoms with Crippen LogP contribution in [0.4, 0.5) is 5.69 Å². The predicted octanol–water partition coefficient (Wildman–Crippen LogP) is 5.38. The lowest BCUT2D eigenvalue weighted by atomic mass is 9.95. The lowest BCUT2D eigenvalue weighted by molar-refractivity contribution is 0.750. The number of anilines is 1. The molecule has 2 saturated heterocycles. The Labute approximate surface area is 182 Å². The zero-order valence-corrected chi connectivity index (χ0v) is 19.2. The first-order valence-electron chi connectivity index (χ1n) is 10.9. The molecule has 0 spiro atoms. The molecule has 3 nitrogen and oxygen atoms in total. The van der Waals surface area contributed by atoms with E-state index >= 15 is 0 Å². The Kier molecular flexibility index (Phi) is 6.06. The van der Waals surface area contributed by atoms with Crippen LogP contribution in [0.2, 0.25) is 0 Å². The molecule has 158 valence electrons. The van der Waals surface area contributed by atoms with E-state index in [2.05, 4.69) is 72.2 Å². The van der Waals surface area contributed by atoms with Crippen LogP contribution in [-0.4, -0.2) is 48.0 Å². The van der Waals surface area contributed by atoms with Gasteiger partial charge >= 0.3 is 0 Å². The summed E-state index contributed by atoms with van der Waals surface area (Å²) >= 11 is 0. The Morgan fingerprint density at radius 3 is 2.40 bits per heavy atom. The minimum atomic E-state index is -1.36. The van der Waals surface area contributed by atoms with E-state index in [0.717, 1.165) is 12.1 Å². The van der Waals surface area contributed by atoms with Gasteiger partial charge in [0, 0.05) is 39.1 Å². The van der Waals surface area contributed by atoms with Crippen molar-refractivity contribution in [1.29, 1.82) is 0 Å². The molecule has 0 aliphatic carbocycles. The standard InChI is InChI=1S/C26H34N3P/c1-5-6-7-23-9-8-22(16-20(23)2)17-25-18-24(10-11-26(25)27)21(3)19-30(4,28-12-13-28)29-14-15-29/h5-11,16,18,21H,1,4,12-15,17,19,27H2,2-3H3/b7-6-. The van der Waals surface area contributed by atoms with Gasteiger partial charge in [0.25, 0.3) is 0 Å². The first-order chi connectivity index (χ1) is 14.4. The van der Waals surface area contributed by atoms with Crippen molar-refractivity contribution in [3.8, 4) is 0 Å². The predicted molar refractivity (Wildman–Crippen MR) is 135 cm³/mol. The van der Waals surface area contributed by atoms with E-state index in [1.807, 2.05) is 12.2 Å². The maximum absolute atomic E-state index is 6.37. The molecule has 0 amide bonds. The number of nitrogen functional groups attached to an aromatic ring is 1. The summed E-state index contributed by atoms with van der Waals surface area (Å²) in [6.45, 7) is 13.2. The molecule has 2 N–H and O–H groups in total. The molecule has 2 aromatic carbocycles. The molecule has 30 heavy (non-hydrogen) atoms. The number of nitrogens with zero attached hydrogens (tertiary/aromatic N) is 2. The maximum Gasteiger partial charge on any atom is 0.0350 e. The molecule has 0 saturated carbocycles. The Balaban J connectivity index is 1.52. The van der Waals surface area contributed by atoms with Crippen LogP contribution >= 0.6 is 7.19 Å². The van der Waals surface area contributed by atoms with Gasteiger partial charge in [-0.15, -0.1) is 0 Å². The summed E-state index contributed by atoms with van der Waals surface area (Å²) in [4.78, 5) is 0. The number of aryl methyl sites for hydroxylation is 1. The molecule has 1 unspecified atom stereocenters. The normalized spacial score (nSPS) is 17.9. The number of allylic oxidation sites excluding steroid dienone is 2. The molecule has 0 bridgehead atoms. The third-order valence-electron chi connectivity index (χ3n) is 6.34. The van der Waals surface area contributed by atoms with Gasteiger partial charge in [-0.25, -0.2) is 0 Å². The summed E-state index contributed by atoms with van der Waals surface area (Å²) in [5.41, 5.74) is 13.7. The van der Waals surface area contributed by atoms with E-state index < -0.39 is 7.19 Å². The highest BCUT2D eigenvalue weighted by Gasteiger charge is 2.42. The summed E-state index contributed by atoms with van der Waals surface area (Å²) in [7, 11) is -1.36. The number of rotatable bonds is 9. The number of benzene rings is 2. The molecular formula is C26H34N3P. The lowest BCUT2D eigenvalue weighted by Crippen LogP contribution is -2.13. The van der Waals surface area contributed by atoms with Crippen molar-refractivity contribution < 1.29 is 0 Å². The summed E-state index contributed by atoms with van der Waals surface area (Å²) in [5, 5.41) is 0. The molecule has 4 heteroatoms. The highest BCUT2D eigenvalue weighted by Crippen LogP contribution is 2.61. The fourth-order valence-electron chi connectivity index (χ4n) is 4.30. The zero-order valence-electron chi connectivity index (χ0n) is 18.3. The van der Waals surface area contributed by atoms with Gasteiger partial charge in [-0.05, 0) is 59.3 Å². The second kappa shape index (κ2) is 8.59. The molecule has 2 aromatic rings. The Morgan fingerprint density at radius 1 is 1.10 bits per heavy atom. The van der Waals surface area contributed by atoms with Crippen molar-refractivity contribution in [2.45, 2.75) is 26.2 Å². The van der Waals surface area contributed by atoms with Gasteiger partial charge in [-0.1, -0.05) is 68.4 Å². The summed E-state index contributed by atoms with van der Waals surface area (Å²) < 4.78 is 5.22. The van der Waals surface area contributed by atoms with Crippen LogP contribution in [0.1, 0.15) is 40.7 Å². The molecule has 2 aliphatic heterocycles. The zero-order chi connectivity index (χ0) is 21.3. The summed E-state index contributed by atoms with van der Waals surface area (Å²) in [6.07, 6.45) is 12.6. The molecular weight excluding hydrogens is 385 g/mol. The van der Waals surface area contributed by atoms with E-state index in [9.17, 15) is 0 Å². The van der Waals surface area contributed by atoms with Crippen LogP contribution in [-0.2, 0) is 6.42 Å². The molecule has 1 atom stereocenters. The van der Waals surface area contributed by atoms with Crippen molar-refractivity contribution in [2.75, 3.05) is 38.1 Å². The molecule has 0 radical (unpaired) electrons. The quantitative estimate of drug-likeness (QED) is 0.256. The monoisotopic (exact) mass is 419 g/mol. The van der Waals surface area contributed by atoms with E-state index in [4.69, 9.17) is 12.0 Å². The van der Waals surface area contributed by atoms with Crippen LogP contribution in [0.3, 0.4) is 0 Å². The van der Waals surface area contributed by atoms with Crippen LogP contribution in [0, 0.1) is 6.92 Å². The SMILES string of the molecule is C=C/C=C\c1ccc(Cc2cc(C(C)CP(=C)(N3CC3)N3CC3)ccc2N)cc1C. The van der Waals surface area contributed by atoms with E-state index in [1.165, 1.54) is 60.2 Å². The topological polar surface area (TPSA) is 32.0 Å². The Hall–Kier alpha value is -2.06. The van der Waals surface area contributed by atoms with E-state index in [1.54, 1.807) is 0 Å². The van der Waals surface area contributed by atoms with Crippen LogP contribution in [0.25, 0.3) is 6.08 Å². The van der Waals surface area contributed by atoms with Crippen LogP contribution in [0.5, 0.6) is 0 Å². The third kappa shape index (κ3) is 4.64. The van der Waals surface area contributed by atoms with Crippen LogP contribution < -0.4 is 5.73 Å². The van der Waals surface area contributed by atoms with Gasteiger partial charge in [-0.3, -0.25) is 9.34 Å². The van der Waals surface area contributed by atoms with Gasteiger partial charge in [-0.2, -0.15) is 0 Å². The van der Waals surface area contributed by atoms with Crippen molar-refractivity contribution in [3.63, 3.8) is 0 Å². The molecule has 0 aromatic heterocycles. The van der Waals surface area contributed by atoms with Crippen molar-refractivity contribution in [3.05, 3.63) is 82.9 Å². The molecule has 2 fully saturated rings. The van der Waals surface area contributed by atoms with Gasteiger partial charge < -0.3 is 5.73 Å². The Bertz CT molecular complexity index is 999. The van der Waals surface area contributed by atoms with Crippen molar-refractivity contribution in [1.82, 2.24) is 9.34 Å². The highest BCUT2D eigenvalue weighted by molar-refractivity contribution is 7.69. The average Bonchev–Trinajstić information content (AvgIpc) is 3.61. The van der Waals surface area contributed by atoms with Crippen molar-refractivity contribution >= 4 is 25.3 Å². The van der Waals surface area contributed by atoms with E-state index in [0.29, 0.717) is 5.92 Å². The third-order valence-corrected chi connectivity index (χ3v) is 10.4. The van der Waals surface area contributed by atoms with Crippen molar-refractivity contribution in [2.24, 2.45) is 0 Å². The van der Waals surface area contributed by atoms with Gasteiger partial charge in [0.2, 0.25) is 0 Å². The summed E-state index contributed by atoms with van der Waals surface area (Å²) in [6, 6.07) is 13.3. The first kappa shape index (κ1) is 21.2. The minimum Gasteiger partial charge on any atom is -0.398 e. The Morgan fingerprint density at radius 2 is 1.80 bits per heavy atom. The first-order valence-corrected chi connectivity index (χ1v) is 13.0. The highest BCUT2D eigenvalue weighted by atomic mass is 31.2.